The molecule has 0 radical (unpaired) electrons. The van der Waals surface area contributed by atoms with Crippen molar-refractivity contribution in [1.82, 2.24) is 0 Å². The summed E-state index contributed by atoms with van der Waals surface area (Å²) in [7, 11) is 1.58. The van der Waals surface area contributed by atoms with Gasteiger partial charge in [0, 0.05) is 11.6 Å². The van der Waals surface area contributed by atoms with Crippen molar-refractivity contribution >= 4 is 17.6 Å². The van der Waals surface area contributed by atoms with Crippen LogP contribution in [0.5, 0.6) is 11.5 Å². The van der Waals surface area contributed by atoms with Gasteiger partial charge in [-0.25, -0.2) is 4.79 Å². The first-order chi connectivity index (χ1) is 13.6. The molecule has 0 fully saturated rings. The molecule has 3 aromatic carbocycles. The predicted octanol–water partition coefficient (Wildman–Crippen LogP) is 5.21. The van der Waals surface area contributed by atoms with Gasteiger partial charge in [0.1, 0.15) is 18.1 Å². The Balaban J connectivity index is 1.95. The third-order valence-electron chi connectivity index (χ3n) is 4.35. The summed E-state index contributed by atoms with van der Waals surface area (Å²) in [6.07, 6.45) is 1.63. The highest BCUT2D eigenvalue weighted by Gasteiger charge is 2.13. The minimum atomic E-state index is -0.994. The van der Waals surface area contributed by atoms with Gasteiger partial charge in [0.25, 0.3) is 0 Å². The van der Waals surface area contributed by atoms with E-state index in [9.17, 15) is 9.90 Å². The van der Waals surface area contributed by atoms with Gasteiger partial charge in [-0.15, -0.1) is 0 Å². The Labute approximate surface area is 164 Å². The molecule has 142 valence electrons. The summed E-state index contributed by atoms with van der Waals surface area (Å²) in [4.78, 5) is 11.8. The second-order valence-corrected chi connectivity index (χ2v) is 6.41. The van der Waals surface area contributed by atoms with Gasteiger partial charge >= 0.3 is 5.97 Å². The lowest BCUT2D eigenvalue weighted by Crippen LogP contribution is -2.01. The van der Waals surface area contributed by atoms with Crippen LogP contribution in [0.25, 0.3) is 11.6 Å². The average Bonchev–Trinajstić information content (AvgIpc) is 2.72. The lowest BCUT2D eigenvalue weighted by atomic mass is 10.0. The van der Waals surface area contributed by atoms with Crippen LogP contribution in [-0.2, 0) is 11.4 Å². The maximum atomic E-state index is 11.8. The van der Waals surface area contributed by atoms with Crippen LogP contribution < -0.4 is 9.47 Å². The van der Waals surface area contributed by atoms with Gasteiger partial charge in [-0.2, -0.15) is 0 Å². The fourth-order valence-corrected chi connectivity index (χ4v) is 2.77. The van der Waals surface area contributed by atoms with Crippen LogP contribution in [0.3, 0.4) is 0 Å². The first kappa shape index (κ1) is 19.2. The standard InChI is InChI=1S/C24H22O4/c1-17-8-10-18(11-9-17)16-28-23-15-21(27-2)13-12-20(23)14-22(24(25)26)19-6-4-3-5-7-19/h3-15H,16H2,1-2H3,(H,25,26)/b22-14-. The Morgan fingerprint density at radius 3 is 2.36 bits per heavy atom. The molecule has 0 amide bonds. The van der Waals surface area contributed by atoms with Crippen LogP contribution >= 0.6 is 0 Å². The number of aryl methyl sites for hydroxylation is 1. The monoisotopic (exact) mass is 374 g/mol. The number of carboxylic acids is 1. The molecule has 0 spiro atoms. The molecular weight excluding hydrogens is 352 g/mol. The van der Waals surface area contributed by atoms with E-state index < -0.39 is 5.97 Å². The molecule has 0 aromatic heterocycles. The Morgan fingerprint density at radius 2 is 1.71 bits per heavy atom. The minimum Gasteiger partial charge on any atom is -0.497 e. The number of rotatable bonds is 7. The maximum absolute atomic E-state index is 11.8. The predicted molar refractivity (Wildman–Crippen MR) is 110 cm³/mol. The average molecular weight is 374 g/mol. The molecule has 0 unspecified atom stereocenters. The normalized spacial score (nSPS) is 11.1. The number of aliphatic carboxylic acids is 1. The van der Waals surface area contributed by atoms with Crippen LogP contribution in [-0.4, -0.2) is 18.2 Å². The number of hydrogen-bond donors (Lipinski definition) is 1. The third-order valence-corrected chi connectivity index (χ3v) is 4.35. The SMILES string of the molecule is COc1ccc(/C=C(\C(=O)O)c2ccccc2)c(OCc2ccc(C)cc2)c1. The van der Waals surface area contributed by atoms with Crippen LogP contribution in [0.2, 0.25) is 0 Å². The summed E-state index contributed by atoms with van der Waals surface area (Å²) in [5.74, 6) is 0.216. The number of methoxy groups -OCH3 is 1. The molecule has 0 saturated heterocycles. The zero-order valence-corrected chi connectivity index (χ0v) is 15.9. The van der Waals surface area contributed by atoms with E-state index in [-0.39, 0.29) is 5.57 Å². The van der Waals surface area contributed by atoms with Gasteiger partial charge in [-0.1, -0.05) is 60.2 Å². The Hall–Kier alpha value is -3.53. The minimum absolute atomic E-state index is 0.200. The molecule has 3 rings (SSSR count). The van der Waals surface area contributed by atoms with Crippen molar-refractivity contribution in [1.29, 1.82) is 0 Å². The number of hydrogen-bond acceptors (Lipinski definition) is 3. The molecule has 0 aliphatic heterocycles. The fourth-order valence-electron chi connectivity index (χ4n) is 2.77. The van der Waals surface area contributed by atoms with Crippen molar-refractivity contribution in [3.63, 3.8) is 0 Å². The zero-order valence-electron chi connectivity index (χ0n) is 15.9. The Morgan fingerprint density at radius 1 is 1.00 bits per heavy atom. The third kappa shape index (κ3) is 4.80. The van der Waals surface area contributed by atoms with Gasteiger partial charge in [-0.05, 0) is 36.3 Å². The number of benzene rings is 3. The summed E-state index contributed by atoms with van der Waals surface area (Å²) in [6.45, 7) is 2.41. The molecule has 0 bridgehead atoms. The van der Waals surface area contributed by atoms with E-state index in [2.05, 4.69) is 0 Å². The van der Waals surface area contributed by atoms with Crippen molar-refractivity contribution in [2.75, 3.05) is 7.11 Å². The molecule has 0 aliphatic rings. The maximum Gasteiger partial charge on any atom is 0.336 e. The molecule has 28 heavy (non-hydrogen) atoms. The highest BCUT2D eigenvalue weighted by atomic mass is 16.5. The van der Waals surface area contributed by atoms with E-state index in [0.717, 1.165) is 5.56 Å². The van der Waals surface area contributed by atoms with E-state index in [1.165, 1.54) is 5.56 Å². The fraction of sp³-hybridized carbons (Fsp3) is 0.125. The van der Waals surface area contributed by atoms with Gasteiger partial charge in [0.15, 0.2) is 0 Å². The number of carbonyl (C=O) groups is 1. The molecule has 4 heteroatoms. The number of carboxylic acid groups (broad SMARTS) is 1. The van der Waals surface area contributed by atoms with Crippen molar-refractivity contribution in [3.8, 4) is 11.5 Å². The van der Waals surface area contributed by atoms with Crippen LogP contribution in [0.4, 0.5) is 0 Å². The summed E-state index contributed by atoms with van der Waals surface area (Å²) in [5.41, 5.74) is 3.73. The highest BCUT2D eigenvalue weighted by Crippen LogP contribution is 2.29. The lowest BCUT2D eigenvalue weighted by Gasteiger charge is -2.12. The van der Waals surface area contributed by atoms with Crippen molar-refractivity contribution in [2.45, 2.75) is 13.5 Å². The quantitative estimate of drug-likeness (QED) is 0.456. The van der Waals surface area contributed by atoms with Crippen LogP contribution in [0, 0.1) is 6.92 Å². The second kappa shape index (κ2) is 8.91. The van der Waals surface area contributed by atoms with E-state index in [1.54, 1.807) is 43.5 Å². The smallest absolute Gasteiger partial charge is 0.336 e. The van der Waals surface area contributed by atoms with E-state index in [0.29, 0.717) is 29.2 Å². The van der Waals surface area contributed by atoms with Crippen molar-refractivity contribution in [3.05, 3.63) is 95.1 Å². The Kier molecular flexibility index (Phi) is 6.12. The van der Waals surface area contributed by atoms with Gasteiger partial charge in [-0.3, -0.25) is 0 Å². The van der Waals surface area contributed by atoms with Crippen LogP contribution in [0.1, 0.15) is 22.3 Å². The summed E-state index contributed by atoms with van der Waals surface area (Å²) < 4.78 is 11.3. The molecule has 1 N–H and O–H groups in total. The van der Waals surface area contributed by atoms with Crippen LogP contribution in [0.15, 0.2) is 72.8 Å². The molecule has 0 atom stereocenters. The lowest BCUT2D eigenvalue weighted by molar-refractivity contribution is -0.130. The van der Waals surface area contributed by atoms with Gasteiger partial charge in [0.2, 0.25) is 0 Å². The molecule has 4 nitrogen and oxygen atoms in total. The largest absolute Gasteiger partial charge is 0.497 e. The van der Waals surface area contributed by atoms with Crippen molar-refractivity contribution in [2.24, 2.45) is 0 Å². The highest BCUT2D eigenvalue weighted by molar-refractivity contribution is 6.20. The molecule has 3 aromatic rings. The van der Waals surface area contributed by atoms with Gasteiger partial charge < -0.3 is 14.6 Å². The number of ether oxygens (including phenoxy) is 2. The Bertz CT molecular complexity index is 973. The van der Waals surface area contributed by atoms with E-state index in [1.807, 2.05) is 49.4 Å². The summed E-state index contributed by atoms with van der Waals surface area (Å²) >= 11 is 0. The molecule has 0 heterocycles. The van der Waals surface area contributed by atoms with Gasteiger partial charge in [0.05, 0.1) is 12.7 Å². The first-order valence-corrected chi connectivity index (χ1v) is 8.93. The van der Waals surface area contributed by atoms with E-state index in [4.69, 9.17) is 9.47 Å². The van der Waals surface area contributed by atoms with Crippen molar-refractivity contribution < 1.29 is 19.4 Å². The second-order valence-electron chi connectivity index (χ2n) is 6.41. The molecule has 0 aliphatic carbocycles. The van der Waals surface area contributed by atoms with E-state index >= 15 is 0 Å². The summed E-state index contributed by atoms with van der Waals surface area (Å²) in [5, 5.41) is 9.68. The zero-order chi connectivity index (χ0) is 19.9. The molecule has 0 saturated carbocycles. The first-order valence-electron chi connectivity index (χ1n) is 8.93. The topological polar surface area (TPSA) is 55.8 Å². The molecular formula is C24H22O4. The summed E-state index contributed by atoms with van der Waals surface area (Å²) in [6, 6.07) is 22.5.